The second kappa shape index (κ2) is 9.54. The normalized spacial score (nSPS) is 19.3. The average molecular weight is 424 g/mol. The van der Waals surface area contributed by atoms with Crippen LogP contribution in [0, 0.1) is 17.5 Å². The van der Waals surface area contributed by atoms with Gasteiger partial charge in [-0.3, -0.25) is 4.79 Å². The molecule has 3 rings (SSSR count). The first kappa shape index (κ1) is 21.5. The third kappa shape index (κ3) is 5.90. The topological polar surface area (TPSA) is 41.6 Å². The van der Waals surface area contributed by atoms with Gasteiger partial charge < -0.3 is 15.0 Å². The van der Waals surface area contributed by atoms with Gasteiger partial charge in [-0.2, -0.15) is 0 Å². The molecule has 0 aliphatic carbocycles. The Morgan fingerprint density at radius 2 is 1.79 bits per heavy atom. The van der Waals surface area contributed by atoms with Crippen molar-refractivity contribution in [1.29, 1.82) is 0 Å². The van der Waals surface area contributed by atoms with E-state index < -0.39 is 11.6 Å². The second-order valence-corrected chi connectivity index (χ2v) is 8.14. The molecule has 1 saturated heterocycles. The fourth-order valence-corrected chi connectivity index (χ4v) is 4.01. The van der Waals surface area contributed by atoms with Crippen molar-refractivity contribution in [2.75, 3.05) is 23.7 Å². The highest BCUT2D eigenvalue weighted by Crippen LogP contribution is 2.25. The molecule has 8 heteroatoms. The maximum Gasteiger partial charge on any atom is 0.230 e. The molecule has 2 unspecified atom stereocenters. The number of carbonyl (C=O) groups is 1. The van der Waals surface area contributed by atoms with Crippen molar-refractivity contribution in [2.45, 2.75) is 37.5 Å². The van der Waals surface area contributed by atoms with Gasteiger partial charge in [-0.05, 0) is 49.7 Å². The van der Waals surface area contributed by atoms with Gasteiger partial charge in [-0.15, -0.1) is 11.8 Å². The van der Waals surface area contributed by atoms with Crippen LogP contribution in [0.2, 0.25) is 0 Å². The summed E-state index contributed by atoms with van der Waals surface area (Å²) in [5.41, 5.74) is 1.17. The summed E-state index contributed by atoms with van der Waals surface area (Å²) in [6, 6.07) is 8.41. The summed E-state index contributed by atoms with van der Waals surface area (Å²) in [5.74, 6) is -2.44. The highest BCUT2D eigenvalue weighted by molar-refractivity contribution is 8.00. The van der Waals surface area contributed by atoms with Gasteiger partial charge in [-0.1, -0.05) is 6.07 Å². The van der Waals surface area contributed by atoms with E-state index in [2.05, 4.69) is 5.32 Å². The lowest BCUT2D eigenvalue weighted by atomic mass is 10.1. The van der Waals surface area contributed by atoms with Crippen LogP contribution in [-0.2, 0) is 16.1 Å². The third-order valence-electron chi connectivity index (χ3n) is 4.52. The van der Waals surface area contributed by atoms with E-state index in [4.69, 9.17) is 4.74 Å². The number of hydrogen-bond acceptors (Lipinski definition) is 4. The molecular weight excluding hydrogens is 401 g/mol. The SMILES string of the molecule is CC1CN(c2ccc(CNC(=O)CSc3ccc(F)c(F)c3)cc2F)CC(C)O1. The first-order valence-electron chi connectivity index (χ1n) is 9.35. The van der Waals surface area contributed by atoms with E-state index in [1.165, 1.54) is 12.1 Å². The van der Waals surface area contributed by atoms with Gasteiger partial charge in [0, 0.05) is 24.5 Å². The first-order chi connectivity index (χ1) is 13.8. The molecule has 1 aliphatic rings. The van der Waals surface area contributed by atoms with Crippen LogP contribution in [0.25, 0.3) is 0 Å². The summed E-state index contributed by atoms with van der Waals surface area (Å²) in [4.78, 5) is 14.4. The minimum atomic E-state index is -0.949. The fraction of sp³-hybridized carbons (Fsp3) is 0.381. The number of ether oxygens (including phenoxy) is 1. The molecule has 1 N–H and O–H groups in total. The summed E-state index contributed by atoms with van der Waals surface area (Å²) in [6.45, 7) is 5.35. The monoisotopic (exact) mass is 424 g/mol. The van der Waals surface area contributed by atoms with Crippen LogP contribution in [0.4, 0.5) is 18.9 Å². The molecule has 1 aliphatic heterocycles. The summed E-state index contributed by atoms with van der Waals surface area (Å²) < 4.78 is 46.4. The zero-order valence-electron chi connectivity index (χ0n) is 16.3. The molecule has 0 bridgehead atoms. The lowest BCUT2D eigenvalue weighted by molar-refractivity contribution is -0.118. The second-order valence-electron chi connectivity index (χ2n) is 7.09. The number of hydrogen-bond donors (Lipinski definition) is 1. The molecule has 1 fully saturated rings. The Morgan fingerprint density at radius 3 is 2.45 bits per heavy atom. The zero-order valence-corrected chi connectivity index (χ0v) is 17.1. The Labute approximate surface area is 172 Å². The van der Waals surface area contributed by atoms with E-state index in [9.17, 15) is 18.0 Å². The minimum absolute atomic E-state index is 0.0317. The van der Waals surface area contributed by atoms with Crippen LogP contribution in [0.3, 0.4) is 0 Å². The van der Waals surface area contributed by atoms with Crippen molar-refractivity contribution in [3.8, 4) is 0 Å². The van der Waals surface area contributed by atoms with Gasteiger partial charge in [0.2, 0.25) is 5.91 Å². The van der Waals surface area contributed by atoms with Crippen molar-refractivity contribution < 1.29 is 22.7 Å². The lowest BCUT2D eigenvalue weighted by Crippen LogP contribution is -2.45. The number of carbonyl (C=O) groups excluding carboxylic acids is 1. The van der Waals surface area contributed by atoms with Crippen LogP contribution in [0.15, 0.2) is 41.3 Å². The van der Waals surface area contributed by atoms with Crippen molar-refractivity contribution in [2.24, 2.45) is 0 Å². The Kier molecular flexibility index (Phi) is 7.08. The summed E-state index contributed by atoms with van der Waals surface area (Å²) in [6.07, 6.45) is 0.0633. The quantitative estimate of drug-likeness (QED) is 0.709. The molecule has 0 saturated carbocycles. The number of nitrogens with zero attached hydrogens (tertiary/aromatic N) is 1. The van der Waals surface area contributed by atoms with Crippen LogP contribution >= 0.6 is 11.8 Å². The van der Waals surface area contributed by atoms with E-state index in [1.54, 1.807) is 12.1 Å². The maximum atomic E-state index is 14.6. The van der Waals surface area contributed by atoms with Gasteiger partial charge in [-0.25, -0.2) is 13.2 Å². The van der Waals surface area contributed by atoms with Crippen LogP contribution in [0.5, 0.6) is 0 Å². The highest BCUT2D eigenvalue weighted by Gasteiger charge is 2.24. The van der Waals surface area contributed by atoms with Crippen molar-refractivity contribution in [3.05, 3.63) is 59.4 Å². The standard InChI is InChI=1S/C21H23F3N2O2S/c1-13-10-26(11-14(2)28-13)20-6-3-15(7-19(20)24)9-25-21(27)12-29-16-4-5-17(22)18(23)8-16/h3-8,13-14H,9-12H2,1-2H3,(H,25,27). The summed E-state index contributed by atoms with van der Waals surface area (Å²) >= 11 is 1.10. The molecule has 2 aromatic carbocycles. The molecular formula is C21H23F3N2O2S. The Balaban J connectivity index is 1.52. The van der Waals surface area contributed by atoms with Gasteiger partial charge in [0.05, 0.1) is 23.6 Å². The molecule has 4 nitrogen and oxygen atoms in total. The van der Waals surface area contributed by atoms with Crippen LogP contribution in [-0.4, -0.2) is 37.0 Å². The van der Waals surface area contributed by atoms with E-state index in [1.807, 2.05) is 18.7 Å². The summed E-state index contributed by atoms with van der Waals surface area (Å²) in [5, 5.41) is 2.71. The molecule has 0 spiro atoms. The molecule has 1 heterocycles. The third-order valence-corrected chi connectivity index (χ3v) is 5.52. The van der Waals surface area contributed by atoms with Crippen molar-refractivity contribution in [3.63, 3.8) is 0 Å². The maximum absolute atomic E-state index is 14.6. The van der Waals surface area contributed by atoms with E-state index in [-0.39, 0.29) is 36.2 Å². The highest BCUT2D eigenvalue weighted by atomic mass is 32.2. The molecule has 156 valence electrons. The molecule has 2 atom stereocenters. The number of amides is 1. The number of benzene rings is 2. The Morgan fingerprint density at radius 1 is 1.07 bits per heavy atom. The molecule has 1 amide bonds. The zero-order chi connectivity index (χ0) is 21.0. The lowest BCUT2D eigenvalue weighted by Gasteiger charge is -2.37. The number of halogens is 3. The summed E-state index contributed by atoms with van der Waals surface area (Å²) in [7, 11) is 0. The van der Waals surface area contributed by atoms with Gasteiger partial charge in [0.25, 0.3) is 0 Å². The Bertz CT molecular complexity index is 871. The van der Waals surface area contributed by atoms with Gasteiger partial charge in [0.15, 0.2) is 11.6 Å². The number of thioether (sulfide) groups is 1. The van der Waals surface area contributed by atoms with Gasteiger partial charge in [0.1, 0.15) is 5.82 Å². The number of rotatable bonds is 6. The number of nitrogens with one attached hydrogen (secondary N) is 1. The van der Waals surface area contributed by atoms with Gasteiger partial charge >= 0.3 is 0 Å². The smallest absolute Gasteiger partial charge is 0.230 e. The fourth-order valence-electron chi connectivity index (χ4n) is 3.26. The minimum Gasteiger partial charge on any atom is -0.372 e. The van der Waals surface area contributed by atoms with Crippen molar-refractivity contribution >= 4 is 23.4 Å². The van der Waals surface area contributed by atoms with Crippen LogP contribution in [0.1, 0.15) is 19.4 Å². The average Bonchev–Trinajstić information content (AvgIpc) is 2.66. The largest absolute Gasteiger partial charge is 0.372 e. The van der Waals surface area contributed by atoms with Crippen molar-refractivity contribution in [1.82, 2.24) is 5.32 Å². The molecule has 2 aromatic rings. The predicted molar refractivity (Wildman–Crippen MR) is 108 cm³/mol. The Hall–Kier alpha value is -2.19. The van der Waals surface area contributed by atoms with E-state index >= 15 is 0 Å². The molecule has 0 radical (unpaired) electrons. The predicted octanol–water partition coefficient (Wildman–Crippen LogP) is 4.13. The van der Waals surface area contributed by atoms with E-state index in [0.717, 1.165) is 23.9 Å². The molecule has 29 heavy (non-hydrogen) atoms. The first-order valence-corrected chi connectivity index (χ1v) is 10.3. The van der Waals surface area contributed by atoms with Crippen LogP contribution < -0.4 is 10.2 Å². The molecule has 0 aromatic heterocycles. The number of anilines is 1. The number of morpholine rings is 1. The van der Waals surface area contributed by atoms with E-state index in [0.29, 0.717) is 29.2 Å².